The molecule has 3 rings (SSSR count). The lowest BCUT2D eigenvalue weighted by molar-refractivity contribution is 0.681. The first kappa shape index (κ1) is 13.9. The van der Waals surface area contributed by atoms with Crippen molar-refractivity contribution in [3.63, 3.8) is 0 Å². The molecule has 1 saturated heterocycles. The van der Waals surface area contributed by atoms with Crippen LogP contribution in [0.4, 0.5) is 5.95 Å². The molecule has 5 heteroatoms. The number of hydrogen-bond acceptors (Lipinski definition) is 5. The van der Waals surface area contributed by atoms with E-state index in [0.29, 0.717) is 6.04 Å². The fourth-order valence-corrected chi connectivity index (χ4v) is 2.99. The Bertz CT molecular complexity index is 599. The van der Waals surface area contributed by atoms with Crippen molar-refractivity contribution in [1.29, 1.82) is 0 Å². The van der Waals surface area contributed by atoms with Crippen LogP contribution < -0.4 is 4.90 Å². The van der Waals surface area contributed by atoms with Gasteiger partial charge in [-0.15, -0.1) is 5.10 Å². The molecule has 110 valence electrons. The zero-order valence-corrected chi connectivity index (χ0v) is 12.7. The molecule has 3 heterocycles. The van der Waals surface area contributed by atoms with E-state index >= 15 is 0 Å². The van der Waals surface area contributed by atoms with E-state index in [1.54, 1.807) is 0 Å². The number of anilines is 1. The largest absolute Gasteiger partial charge is 0.332 e. The van der Waals surface area contributed by atoms with Gasteiger partial charge in [-0.25, -0.2) is 4.98 Å². The summed E-state index contributed by atoms with van der Waals surface area (Å²) < 4.78 is 0. The summed E-state index contributed by atoms with van der Waals surface area (Å²) in [5.41, 5.74) is 3.37. The highest BCUT2D eigenvalue weighted by atomic mass is 15.3. The number of hydrogen-bond donors (Lipinski definition) is 0. The predicted octanol–water partition coefficient (Wildman–Crippen LogP) is 2.73. The summed E-state index contributed by atoms with van der Waals surface area (Å²) in [5, 5.41) is 8.74. The quantitative estimate of drug-likeness (QED) is 0.863. The molecule has 2 aromatic heterocycles. The van der Waals surface area contributed by atoms with Gasteiger partial charge in [0.25, 0.3) is 0 Å². The molecule has 1 aliphatic rings. The Morgan fingerprint density at radius 3 is 2.57 bits per heavy atom. The lowest BCUT2D eigenvalue weighted by Crippen LogP contribution is -2.26. The van der Waals surface area contributed by atoms with Crippen molar-refractivity contribution in [3.8, 4) is 0 Å². The molecule has 1 fully saturated rings. The second-order valence-electron chi connectivity index (χ2n) is 5.34. The van der Waals surface area contributed by atoms with Crippen LogP contribution in [-0.4, -0.2) is 26.7 Å². The Kier molecular flexibility index (Phi) is 4.08. The molecule has 0 bridgehead atoms. The molecule has 0 amide bonds. The zero-order valence-electron chi connectivity index (χ0n) is 12.7. The standard InChI is InChI=1S/C16H21N5/c1-3-13-14(4-2)19-20-16(18-13)21-11-5-6-15(21)12-7-9-17-10-8-12/h7-10,15H,3-6,11H2,1-2H3. The molecule has 0 radical (unpaired) electrons. The molecule has 5 nitrogen and oxygen atoms in total. The maximum atomic E-state index is 4.76. The average molecular weight is 283 g/mol. The average Bonchev–Trinajstić information content (AvgIpc) is 3.04. The highest BCUT2D eigenvalue weighted by molar-refractivity contribution is 5.38. The van der Waals surface area contributed by atoms with Crippen LogP contribution >= 0.6 is 0 Å². The van der Waals surface area contributed by atoms with E-state index in [0.717, 1.165) is 49.6 Å². The first-order chi connectivity index (χ1) is 10.3. The van der Waals surface area contributed by atoms with E-state index in [4.69, 9.17) is 4.98 Å². The Labute approximate surface area is 125 Å². The van der Waals surface area contributed by atoms with E-state index in [2.05, 4.69) is 46.1 Å². The maximum Gasteiger partial charge on any atom is 0.246 e. The predicted molar refractivity (Wildman–Crippen MR) is 82.1 cm³/mol. The van der Waals surface area contributed by atoms with E-state index < -0.39 is 0 Å². The van der Waals surface area contributed by atoms with Crippen LogP contribution in [-0.2, 0) is 12.8 Å². The summed E-state index contributed by atoms with van der Waals surface area (Å²) >= 11 is 0. The van der Waals surface area contributed by atoms with Gasteiger partial charge in [0.2, 0.25) is 5.95 Å². The first-order valence-corrected chi connectivity index (χ1v) is 7.72. The molecule has 1 atom stereocenters. The molecule has 2 aromatic rings. The molecular weight excluding hydrogens is 262 g/mol. The fraction of sp³-hybridized carbons (Fsp3) is 0.500. The van der Waals surface area contributed by atoms with Crippen LogP contribution in [0.2, 0.25) is 0 Å². The van der Waals surface area contributed by atoms with Gasteiger partial charge in [-0.2, -0.15) is 5.10 Å². The van der Waals surface area contributed by atoms with E-state index in [9.17, 15) is 0 Å². The Morgan fingerprint density at radius 1 is 1.10 bits per heavy atom. The van der Waals surface area contributed by atoms with Gasteiger partial charge in [-0.3, -0.25) is 4.98 Å². The molecule has 0 spiro atoms. The maximum absolute atomic E-state index is 4.76. The summed E-state index contributed by atoms with van der Waals surface area (Å²) in [6.45, 7) is 5.21. The Balaban J connectivity index is 1.92. The third-order valence-corrected chi connectivity index (χ3v) is 4.10. The van der Waals surface area contributed by atoms with Crippen molar-refractivity contribution in [2.45, 2.75) is 45.6 Å². The summed E-state index contributed by atoms with van der Waals surface area (Å²) in [7, 11) is 0. The summed E-state index contributed by atoms with van der Waals surface area (Å²) in [5.74, 6) is 0.767. The van der Waals surface area contributed by atoms with E-state index in [1.807, 2.05) is 12.4 Å². The Morgan fingerprint density at radius 2 is 1.86 bits per heavy atom. The highest BCUT2D eigenvalue weighted by Gasteiger charge is 2.28. The fourth-order valence-electron chi connectivity index (χ4n) is 2.99. The molecular formula is C16H21N5. The van der Waals surface area contributed by atoms with Crippen molar-refractivity contribution in [1.82, 2.24) is 20.2 Å². The molecule has 1 aliphatic heterocycles. The van der Waals surface area contributed by atoms with Gasteiger partial charge in [0.15, 0.2) is 0 Å². The number of pyridine rings is 1. The van der Waals surface area contributed by atoms with Crippen LogP contribution in [0.5, 0.6) is 0 Å². The minimum atomic E-state index is 0.340. The smallest absolute Gasteiger partial charge is 0.246 e. The van der Waals surface area contributed by atoms with Gasteiger partial charge >= 0.3 is 0 Å². The van der Waals surface area contributed by atoms with Crippen LogP contribution in [0.3, 0.4) is 0 Å². The van der Waals surface area contributed by atoms with E-state index in [-0.39, 0.29) is 0 Å². The number of aromatic nitrogens is 4. The molecule has 0 saturated carbocycles. The van der Waals surface area contributed by atoms with Gasteiger partial charge in [0.1, 0.15) is 0 Å². The van der Waals surface area contributed by atoms with Crippen LogP contribution in [0, 0.1) is 0 Å². The van der Waals surface area contributed by atoms with Gasteiger partial charge < -0.3 is 4.90 Å². The van der Waals surface area contributed by atoms with Crippen LogP contribution in [0.25, 0.3) is 0 Å². The molecule has 0 aliphatic carbocycles. The molecule has 0 N–H and O–H groups in total. The summed E-state index contributed by atoms with van der Waals surface area (Å²) in [6.07, 6.45) is 7.78. The van der Waals surface area contributed by atoms with Crippen molar-refractivity contribution in [2.75, 3.05) is 11.4 Å². The SMILES string of the molecule is CCc1nnc(N2CCCC2c2ccncc2)nc1CC. The van der Waals surface area contributed by atoms with Crippen LogP contribution in [0.1, 0.15) is 49.7 Å². The normalized spacial score (nSPS) is 18.2. The second-order valence-corrected chi connectivity index (χ2v) is 5.34. The number of aryl methyl sites for hydroxylation is 2. The number of nitrogens with zero attached hydrogens (tertiary/aromatic N) is 5. The van der Waals surface area contributed by atoms with E-state index in [1.165, 1.54) is 5.56 Å². The number of rotatable bonds is 4. The minimum absolute atomic E-state index is 0.340. The van der Waals surface area contributed by atoms with Gasteiger partial charge in [0.05, 0.1) is 17.4 Å². The lowest BCUT2D eigenvalue weighted by Gasteiger charge is -2.25. The second kappa shape index (κ2) is 6.16. The lowest BCUT2D eigenvalue weighted by atomic mass is 10.1. The van der Waals surface area contributed by atoms with Gasteiger partial charge in [-0.1, -0.05) is 13.8 Å². The monoisotopic (exact) mass is 283 g/mol. The zero-order chi connectivity index (χ0) is 14.7. The van der Waals surface area contributed by atoms with Gasteiger partial charge in [-0.05, 0) is 43.4 Å². The topological polar surface area (TPSA) is 54.8 Å². The molecule has 21 heavy (non-hydrogen) atoms. The van der Waals surface area contributed by atoms with Crippen molar-refractivity contribution in [3.05, 3.63) is 41.5 Å². The van der Waals surface area contributed by atoms with Crippen molar-refractivity contribution in [2.24, 2.45) is 0 Å². The first-order valence-electron chi connectivity index (χ1n) is 7.72. The summed E-state index contributed by atoms with van der Waals surface area (Å²) in [4.78, 5) is 11.1. The van der Waals surface area contributed by atoms with Crippen LogP contribution in [0.15, 0.2) is 24.5 Å². The summed E-state index contributed by atoms with van der Waals surface area (Å²) in [6, 6.07) is 4.50. The Hall–Kier alpha value is -2.04. The minimum Gasteiger partial charge on any atom is -0.332 e. The van der Waals surface area contributed by atoms with Crippen molar-refractivity contribution < 1.29 is 0 Å². The molecule has 0 aromatic carbocycles. The third kappa shape index (κ3) is 2.73. The third-order valence-electron chi connectivity index (χ3n) is 4.10. The van der Waals surface area contributed by atoms with Crippen molar-refractivity contribution >= 4 is 5.95 Å². The highest BCUT2D eigenvalue weighted by Crippen LogP contribution is 2.34. The molecule has 1 unspecified atom stereocenters. The van der Waals surface area contributed by atoms with Gasteiger partial charge in [0, 0.05) is 18.9 Å².